The van der Waals surface area contributed by atoms with Crippen molar-refractivity contribution in [2.45, 2.75) is 0 Å². The summed E-state index contributed by atoms with van der Waals surface area (Å²) < 4.78 is 27.1. The number of carbonyl (C=O) groups is 1. The van der Waals surface area contributed by atoms with Gasteiger partial charge in [-0.2, -0.15) is 4.39 Å². The Morgan fingerprint density at radius 3 is 2.43 bits per heavy atom. The molecule has 0 unspecified atom stereocenters. The van der Waals surface area contributed by atoms with Gasteiger partial charge in [0.25, 0.3) is 11.5 Å². The quantitative estimate of drug-likeness (QED) is 0.522. The molecule has 0 atom stereocenters. The molecule has 0 aliphatic heterocycles. The standard InChI is InChI=1S/C17H10F2N4O5/c18-9-1-4-11(5-2-9)22-16(25)12(8-20-17(22)26)15(24)21-10-3-6-13(19)14(7-10)23(27)28/h1-8H,(H,20,26)(H,21,24). The smallest absolute Gasteiger partial charge is 0.322 e. The van der Waals surface area contributed by atoms with E-state index in [1.54, 1.807) is 0 Å². The van der Waals surface area contributed by atoms with Crippen LogP contribution in [-0.4, -0.2) is 20.4 Å². The minimum absolute atomic E-state index is 0.0275. The molecule has 0 fully saturated rings. The normalized spacial score (nSPS) is 10.5. The molecule has 142 valence electrons. The minimum atomic E-state index is -1.09. The number of benzene rings is 2. The fourth-order valence-electron chi connectivity index (χ4n) is 2.39. The molecule has 1 aromatic heterocycles. The van der Waals surface area contributed by atoms with Crippen molar-refractivity contribution in [3.05, 3.63) is 96.8 Å². The number of carbonyl (C=O) groups excluding carboxylic acids is 1. The van der Waals surface area contributed by atoms with Crippen LogP contribution in [0.1, 0.15) is 10.4 Å². The Hall–Kier alpha value is -4.15. The van der Waals surface area contributed by atoms with Gasteiger partial charge in [0.2, 0.25) is 5.82 Å². The number of aromatic amines is 1. The number of halogens is 2. The maximum absolute atomic E-state index is 13.4. The van der Waals surface area contributed by atoms with E-state index in [0.29, 0.717) is 4.57 Å². The molecule has 28 heavy (non-hydrogen) atoms. The number of hydrogen-bond donors (Lipinski definition) is 2. The number of rotatable bonds is 4. The lowest BCUT2D eigenvalue weighted by atomic mass is 10.2. The molecule has 0 saturated carbocycles. The van der Waals surface area contributed by atoms with Gasteiger partial charge < -0.3 is 10.3 Å². The molecule has 0 radical (unpaired) electrons. The molecule has 3 aromatic rings. The Labute approximate surface area is 154 Å². The summed E-state index contributed by atoms with van der Waals surface area (Å²) in [5.74, 6) is -2.66. The summed E-state index contributed by atoms with van der Waals surface area (Å²) in [6, 6.07) is 7.07. The van der Waals surface area contributed by atoms with Crippen molar-refractivity contribution in [1.29, 1.82) is 0 Å². The lowest BCUT2D eigenvalue weighted by Gasteiger charge is -2.08. The number of H-pyrrole nitrogens is 1. The van der Waals surface area contributed by atoms with Crippen LogP contribution < -0.4 is 16.6 Å². The molecule has 2 aromatic carbocycles. The zero-order valence-electron chi connectivity index (χ0n) is 13.8. The van der Waals surface area contributed by atoms with E-state index in [2.05, 4.69) is 10.3 Å². The fraction of sp³-hybridized carbons (Fsp3) is 0. The summed E-state index contributed by atoms with van der Waals surface area (Å²) in [6.45, 7) is 0. The predicted octanol–water partition coefficient (Wildman–Crippen LogP) is 1.96. The number of nitrogens with zero attached hydrogens (tertiary/aromatic N) is 2. The Morgan fingerprint density at radius 2 is 1.79 bits per heavy atom. The van der Waals surface area contributed by atoms with Crippen molar-refractivity contribution < 1.29 is 18.5 Å². The number of nitrogens with one attached hydrogen (secondary N) is 2. The molecule has 3 rings (SSSR count). The molecule has 1 heterocycles. The third-order valence-electron chi connectivity index (χ3n) is 3.71. The van der Waals surface area contributed by atoms with E-state index < -0.39 is 45.0 Å². The second-order valence-corrected chi connectivity index (χ2v) is 5.50. The molecular formula is C17H10F2N4O5. The highest BCUT2D eigenvalue weighted by Gasteiger charge is 2.19. The van der Waals surface area contributed by atoms with Crippen molar-refractivity contribution in [2.24, 2.45) is 0 Å². The molecule has 0 aliphatic carbocycles. The number of nitro benzene ring substituents is 1. The van der Waals surface area contributed by atoms with Crippen molar-refractivity contribution in [1.82, 2.24) is 9.55 Å². The predicted molar refractivity (Wildman–Crippen MR) is 93.6 cm³/mol. The molecule has 9 nitrogen and oxygen atoms in total. The first-order chi connectivity index (χ1) is 13.3. The van der Waals surface area contributed by atoms with Gasteiger partial charge in [0.1, 0.15) is 11.4 Å². The van der Waals surface area contributed by atoms with Gasteiger partial charge >= 0.3 is 11.4 Å². The van der Waals surface area contributed by atoms with Crippen molar-refractivity contribution >= 4 is 17.3 Å². The van der Waals surface area contributed by atoms with Gasteiger partial charge in [0.05, 0.1) is 10.6 Å². The van der Waals surface area contributed by atoms with Crippen LogP contribution in [0, 0.1) is 21.7 Å². The van der Waals surface area contributed by atoms with Crippen molar-refractivity contribution in [3.8, 4) is 5.69 Å². The van der Waals surface area contributed by atoms with Crippen LogP contribution in [0.5, 0.6) is 0 Å². The van der Waals surface area contributed by atoms with Crippen LogP contribution >= 0.6 is 0 Å². The average molecular weight is 388 g/mol. The first kappa shape index (κ1) is 18.6. The molecular weight excluding hydrogens is 378 g/mol. The second kappa shape index (κ2) is 7.23. The van der Waals surface area contributed by atoms with E-state index in [0.717, 1.165) is 36.5 Å². The maximum Gasteiger partial charge on any atom is 0.333 e. The highest BCUT2D eigenvalue weighted by molar-refractivity contribution is 6.04. The molecule has 0 bridgehead atoms. The Bertz CT molecular complexity index is 1200. The third-order valence-corrected chi connectivity index (χ3v) is 3.71. The number of anilines is 1. The van der Waals surface area contributed by atoms with E-state index in [-0.39, 0.29) is 11.4 Å². The lowest BCUT2D eigenvalue weighted by Crippen LogP contribution is -2.38. The van der Waals surface area contributed by atoms with E-state index in [1.807, 2.05) is 0 Å². The van der Waals surface area contributed by atoms with Gasteiger partial charge in [0.15, 0.2) is 0 Å². The van der Waals surface area contributed by atoms with Crippen molar-refractivity contribution in [3.63, 3.8) is 0 Å². The zero-order valence-corrected chi connectivity index (χ0v) is 13.8. The third kappa shape index (κ3) is 3.53. The topological polar surface area (TPSA) is 127 Å². The molecule has 0 saturated heterocycles. The molecule has 11 heteroatoms. The summed E-state index contributed by atoms with van der Waals surface area (Å²) in [5, 5.41) is 13.0. The fourth-order valence-corrected chi connectivity index (χ4v) is 2.39. The number of nitro groups is 1. The summed E-state index contributed by atoms with van der Waals surface area (Å²) >= 11 is 0. The monoisotopic (exact) mass is 388 g/mol. The number of hydrogen-bond acceptors (Lipinski definition) is 5. The van der Waals surface area contributed by atoms with Gasteiger partial charge in [-0.15, -0.1) is 0 Å². The molecule has 0 spiro atoms. The summed E-state index contributed by atoms with van der Waals surface area (Å²) in [6.07, 6.45) is 0.873. The van der Waals surface area contributed by atoms with E-state index in [9.17, 15) is 33.3 Å². The SMILES string of the molecule is O=C(Nc1ccc(F)c([N+](=O)[O-])c1)c1c[nH]c(=O)n(-c2ccc(F)cc2)c1=O. The largest absolute Gasteiger partial charge is 0.333 e. The first-order valence-electron chi connectivity index (χ1n) is 7.64. The zero-order chi connectivity index (χ0) is 20.4. The van der Waals surface area contributed by atoms with Crippen LogP contribution in [0.4, 0.5) is 20.2 Å². The van der Waals surface area contributed by atoms with Crippen LogP contribution in [0.15, 0.2) is 58.3 Å². The number of amides is 1. The highest BCUT2D eigenvalue weighted by Crippen LogP contribution is 2.21. The van der Waals surface area contributed by atoms with Crippen LogP contribution in [-0.2, 0) is 0 Å². The summed E-state index contributed by atoms with van der Waals surface area (Å²) in [7, 11) is 0. The van der Waals surface area contributed by atoms with Gasteiger partial charge in [-0.05, 0) is 36.4 Å². The lowest BCUT2D eigenvalue weighted by molar-refractivity contribution is -0.387. The van der Waals surface area contributed by atoms with Gasteiger partial charge in [0, 0.05) is 18.0 Å². The van der Waals surface area contributed by atoms with E-state index >= 15 is 0 Å². The van der Waals surface area contributed by atoms with Gasteiger partial charge in [-0.25, -0.2) is 13.8 Å². The molecule has 1 amide bonds. The summed E-state index contributed by atoms with van der Waals surface area (Å²) in [5.41, 5.74) is -3.30. The Balaban J connectivity index is 2.00. The van der Waals surface area contributed by atoms with Crippen LogP contribution in [0.25, 0.3) is 5.69 Å². The molecule has 2 N–H and O–H groups in total. The highest BCUT2D eigenvalue weighted by atomic mass is 19.1. The van der Waals surface area contributed by atoms with Crippen LogP contribution in [0.3, 0.4) is 0 Å². The van der Waals surface area contributed by atoms with Gasteiger partial charge in [-0.1, -0.05) is 0 Å². The van der Waals surface area contributed by atoms with Gasteiger partial charge in [-0.3, -0.25) is 19.7 Å². The number of aromatic nitrogens is 2. The Morgan fingerprint density at radius 1 is 1.11 bits per heavy atom. The minimum Gasteiger partial charge on any atom is -0.322 e. The van der Waals surface area contributed by atoms with E-state index in [4.69, 9.17) is 0 Å². The van der Waals surface area contributed by atoms with E-state index in [1.165, 1.54) is 12.1 Å². The van der Waals surface area contributed by atoms with Crippen LogP contribution in [0.2, 0.25) is 0 Å². The molecule has 0 aliphatic rings. The Kier molecular flexibility index (Phi) is 4.81. The first-order valence-corrected chi connectivity index (χ1v) is 7.64. The maximum atomic E-state index is 13.4. The average Bonchev–Trinajstić information content (AvgIpc) is 2.64. The summed E-state index contributed by atoms with van der Waals surface area (Å²) in [4.78, 5) is 48.9. The van der Waals surface area contributed by atoms with Crippen molar-refractivity contribution in [2.75, 3.05) is 5.32 Å². The second-order valence-electron chi connectivity index (χ2n) is 5.50.